The topological polar surface area (TPSA) is 50.1 Å². The molecule has 0 bridgehead atoms. The second-order valence-electron chi connectivity index (χ2n) is 4.28. The Kier molecular flexibility index (Phi) is 5.01. The second-order valence-corrected chi connectivity index (χ2v) is 5.99. The minimum absolute atomic E-state index is 0.235. The van der Waals surface area contributed by atoms with Gasteiger partial charge in [0.1, 0.15) is 5.75 Å². The van der Waals surface area contributed by atoms with Crippen LogP contribution < -0.4 is 5.32 Å². The standard InChI is InChI=1S/C13H15Br2N3O/c1-18-10(3-5-17-18)2-4-16-8-9-6-11(14)13(19)12(15)7-9/h3,5-7,16,19H,2,4,8H2,1H3. The predicted octanol–water partition coefficient (Wildman–Crippen LogP) is 2.98. The van der Waals surface area contributed by atoms with Gasteiger partial charge in [0.25, 0.3) is 0 Å². The third-order valence-electron chi connectivity index (χ3n) is 2.89. The van der Waals surface area contributed by atoms with Gasteiger partial charge in [0.15, 0.2) is 0 Å². The van der Waals surface area contributed by atoms with Crippen molar-refractivity contribution in [3.8, 4) is 5.75 Å². The molecule has 0 saturated heterocycles. The van der Waals surface area contributed by atoms with E-state index in [2.05, 4.69) is 42.3 Å². The molecule has 0 fully saturated rings. The number of phenolic OH excluding ortho intramolecular Hbond substituents is 1. The summed E-state index contributed by atoms with van der Waals surface area (Å²) in [4.78, 5) is 0. The summed E-state index contributed by atoms with van der Waals surface area (Å²) in [6, 6.07) is 5.85. The SMILES string of the molecule is Cn1nccc1CCNCc1cc(Br)c(O)c(Br)c1. The molecule has 0 radical (unpaired) electrons. The van der Waals surface area contributed by atoms with Gasteiger partial charge >= 0.3 is 0 Å². The van der Waals surface area contributed by atoms with Gasteiger partial charge in [-0.05, 0) is 55.6 Å². The van der Waals surface area contributed by atoms with E-state index in [0.717, 1.165) is 25.1 Å². The molecule has 0 aliphatic heterocycles. The third-order valence-corrected chi connectivity index (χ3v) is 4.10. The lowest BCUT2D eigenvalue weighted by Crippen LogP contribution is -2.17. The second kappa shape index (κ2) is 6.54. The van der Waals surface area contributed by atoms with Crippen molar-refractivity contribution in [3.05, 3.63) is 44.6 Å². The fraction of sp³-hybridized carbons (Fsp3) is 0.308. The van der Waals surface area contributed by atoms with E-state index in [0.29, 0.717) is 8.95 Å². The summed E-state index contributed by atoms with van der Waals surface area (Å²) in [6.07, 6.45) is 2.75. The molecule has 0 aliphatic rings. The van der Waals surface area contributed by atoms with Crippen LogP contribution in [0.5, 0.6) is 5.75 Å². The smallest absolute Gasteiger partial charge is 0.143 e. The van der Waals surface area contributed by atoms with Gasteiger partial charge in [-0.15, -0.1) is 0 Å². The van der Waals surface area contributed by atoms with Crippen LogP contribution in [-0.2, 0) is 20.0 Å². The first-order valence-electron chi connectivity index (χ1n) is 5.92. The summed E-state index contributed by atoms with van der Waals surface area (Å²) in [7, 11) is 1.95. The monoisotopic (exact) mass is 387 g/mol. The zero-order valence-corrected chi connectivity index (χ0v) is 13.7. The Hall–Kier alpha value is -0.850. The molecule has 1 heterocycles. The molecule has 2 rings (SSSR count). The lowest BCUT2D eigenvalue weighted by atomic mass is 10.2. The first-order valence-corrected chi connectivity index (χ1v) is 7.51. The fourth-order valence-electron chi connectivity index (χ4n) is 1.82. The van der Waals surface area contributed by atoms with Crippen molar-refractivity contribution < 1.29 is 5.11 Å². The highest BCUT2D eigenvalue weighted by molar-refractivity contribution is 9.11. The number of rotatable bonds is 5. The van der Waals surface area contributed by atoms with Crippen LogP contribution >= 0.6 is 31.9 Å². The van der Waals surface area contributed by atoms with Crippen molar-refractivity contribution in [2.24, 2.45) is 7.05 Å². The first kappa shape index (κ1) is 14.6. The molecule has 2 N–H and O–H groups in total. The Balaban J connectivity index is 1.85. The number of phenols is 1. The Morgan fingerprint density at radius 1 is 1.32 bits per heavy atom. The van der Waals surface area contributed by atoms with Crippen LogP contribution in [0.1, 0.15) is 11.3 Å². The number of aryl methyl sites for hydroxylation is 1. The van der Waals surface area contributed by atoms with Crippen molar-refractivity contribution in [1.29, 1.82) is 0 Å². The maximum absolute atomic E-state index is 9.63. The quantitative estimate of drug-likeness (QED) is 0.774. The largest absolute Gasteiger partial charge is 0.506 e. The lowest BCUT2D eigenvalue weighted by molar-refractivity contribution is 0.468. The Bertz CT molecular complexity index is 546. The van der Waals surface area contributed by atoms with Crippen LogP contribution in [0.3, 0.4) is 0 Å². The summed E-state index contributed by atoms with van der Waals surface area (Å²) in [5, 5.41) is 17.1. The number of hydrogen-bond donors (Lipinski definition) is 2. The molecule has 0 unspecified atom stereocenters. The molecule has 102 valence electrons. The molecule has 0 saturated carbocycles. The highest BCUT2D eigenvalue weighted by Gasteiger charge is 2.05. The Labute approximate surface area is 129 Å². The molecular formula is C13H15Br2N3O. The first-order chi connectivity index (χ1) is 9.08. The summed E-state index contributed by atoms with van der Waals surface area (Å²) in [5.74, 6) is 0.235. The van der Waals surface area contributed by atoms with E-state index < -0.39 is 0 Å². The number of hydrogen-bond acceptors (Lipinski definition) is 3. The summed E-state index contributed by atoms with van der Waals surface area (Å²) in [5.41, 5.74) is 2.32. The van der Waals surface area contributed by atoms with Crippen LogP contribution in [0.2, 0.25) is 0 Å². The third kappa shape index (κ3) is 3.81. The predicted molar refractivity (Wildman–Crippen MR) is 82.1 cm³/mol. The summed E-state index contributed by atoms with van der Waals surface area (Å²) < 4.78 is 3.28. The van der Waals surface area contributed by atoms with E-state index in [1.807, 2.05) is 36.1 Å². The lowest BCUT2D eigenvalue weighted by Gasteiger charge is -2.08. The summed E-state index contributed by atoms with van der Waals surface area (Å²) in [6.45, 7) is 1.64. The van der Waals surface area contributed by atoms with Gasteiger partial charge < -0.3 is 10.4 Å². The van der Waals surface area contributed by atoms with Crippen LogP contribution in [0.25, 0.3) is 0 Å². The van der Waals surface area contributed by atoms with Gasteiger partial charge in [-0.1, -0.05) is 0 Å². The maximum Gasteiger partial charge on any atom is 0.143 e. The van der Waals surface area contributed by atoms with E-state index >= 15 is 0 Å². The molecule has 0 atom stereocenters. The summed E-state index contributed by atoms with van der Waals surface area (Å²) >= 11 is 6.66. The van der Waals surface area contributed by atoms with Crippen LogP contribution in [-0.4, -0.2) is 21.4 Å². The van der Waals surface area contributed by atoms with E-state index in [1.54, 1.807) is 0 Å². The number of halogens is 2. The molecule has 19 heavy (non-hydrogen) atoms. The number of aromatic nitrogens is 2. The molecule has 0 amide bonds. The number of nitrogens with one attached hydrogen (secondary N) is 1. The molecule has 1 aromatic heterocycles. The van der Waals surface area contributed by atoms with E-state index in [4.69, 9.17) is 0 Å². The Morgan fingerprint density at radius 2 is 2.00 bits per heavy atom. The molecule has 4 nitrogen and oxygen atoms in total. The van der Waals surface area contributed by atoms with E-state index in [-0.39, 0.29) is 5.75 Å². The van der Waals surface area contributed by atoms with Crippen molar-refractivity contribution in [2.45, 2.75) is 13.0 Å². The average molecular weight is 389 g/mol. The zero-order chi connectivity index (χ0) is 13.8. The van der Waals surface area contributed by atoms with Crippen molar-refractivity contribution in [1.82, 2.24) is 15.1 Å². The van der Waals surface area contributed by atoms with Crippen molar-refractivity contribution >= 4 is 31.9 Å². The van der Waals surface area contributed by atoms with E-state index in [1.165, 1.54) is 5.69 Å². The van der Waals surface area contributed by atoms with Crippen molar-refractivity contribution in [3.63, 3.8) is 0 Å². The number of benzene rings is 1. The van der Waals surface area contributed by atoms with Gasteiger partial charge in [0.05, 0.1) is 8.95 Å². The zero-order valence-electron chi connectivity index (χ0n) is 10.5. The van der Waals surface area contributed by atoms with Gasteiger partial charge in [-0.25, -0.2) is 0 Å². The highest BCUT2D eigenvalue weighted by Crippen LogP contribution is 2.33. The minimum atomic E-state index is 0.235. The highest BCUT2D eigenvalue weighted by atomic mass is 79.9. The molecule has 2 aromatic rings. The molecule has 1 aromatic carbocycles. The van der Waals surface area contributed by atoms with Gasteiger partial charge in [0.2, 0.25) is 0 Å². The number of nitrogens with zero attached hydrogens (tertiary/aromatic N) is 2. The van der Waals surface area contributed by atoms with Crippen LogP contribution in [0.15, 0.2) is 33.3 Å². The van der Waals surface area contributed by atoms with E-state index in [9.17, 15) is 5.11 Å². The average Bonchev–Trinajstić information content (AvgIpc) is 2.77. The minimum Gasteiger partial charge on any atom is -0.506 e. The maximum atomic E-state index is 9.63. The normalized spacial score (nSPS) is 10.9. The van der Waals surface area contributed by atoms with Gasteiger partial charge in [-0.3, -0.25) is 4.68 Å². The molecule has 0 aliphatic carbocycles. The fourth-order valence-corrected chi connectivity index (χ4v) is 3.10. The van der Waals surface area contributed by atoms with Gasteiger partial charge in [0, 0.05) is 38.4 Å². The van der Waals surface area contributed by atoms with Crippen LogP contribution in [0.4, 0.5) is 0 Å². The number of aromatic hydroxyl groups is 1. The molecular weight excluding hydrogens is 374 g/mol. The van der Waals surface area contributed by atoms with Gasteiger partial charge in [-0.2, -0.15) is 5.10 Å². The molecule has 6 heteroatoms. The Morgan fingerprint density at radius 3 is 2.58 bits per heavy atom. The van der Waals surface area contributed by atoms with Crippen molar-refractivity contribution in [2.75, 3.05) is 6.54 Å². The van der Waals surface area contributed by atoms with Crippen LogP contribution in [0, 0.1) is 0 Å². The molecule has 0 spiro atoms.